The van der Waals surface area contributed by atoms with E-state index in [2.05, 4.69) is 10.3 Å². The van der Waals surface area contributed by atoms with Crippen LogP contribution in [0.4, 0.5) is 5.69 Å². The van der Waals surface area contributed by atoms with Gasteiger partial charge in [0.25, 0.3) is 5.56 Å². The van der Waals surface area contributed by atoms with E-state index in [0.717, 1.165) is 0 Å². The molecule has 3 rings (SSSR count). The van der Waals surface area contributed by atoms with E-state index in [0.29, 0.717) is 28.8 Å². The molecule has 2 aromatic rings. The molecule has 1 atom stereocenters. The monoisotopic (exact) mass is 286 g/mol. The molecule has 0 saturated carbocycles. The van der Waals surface area contributed by atoms with Crippen molar-refractivity contribution in [3.63, 3.8) is 0 Å². The summed E-state index contributed by atoms with van der Waals surface area (Å²) >= 11 is 0. The van der Waals surface area contributed by atoms with Crippen molar-refractivity contribution >= 4 is 28.4 Å². The summed E-state index contributed by atoms with van der Waals surface area (Å²) in [5.41, 5.74) is 6.41. The second-order valence-corrected chi connectivity index (χ2v) is 5.08. The normalized spacial score (nSPS) is 18.8. The maximum absolute atomic E-state index is 12.6. The Bertz CT molecular complexity index is 825. The van der Waals surface area contributed by atoms with Crippen molar-refractivity contribution in [2.45, 2.75) is 25.8 Å². The molecule has 1 aromatic heterocycles. The zero-order valence-corrected chi connectivity index (χ0v) is 11.4. The summed E-state index contributed by atoms with van der Waals surface area (Å²) in [4.78, 5) is 40.1. The fourth-order valence-electron chi connectivity index (χ4n) is 2.62. The number of carbonyl (C=O) groups excluding carboxylic acids is 2. The summed E-state index contributed by atoms with van der Waals surface area (Å²) in [5.74, 6) is -0.357. The number of carbonyl (C=O) groups is 2. The largest absolute Gasteiger partial charge is 0.399 e. The van der Waals surface area contributed by atoms with Gasteiger partial charge in [-0.05, 0) is 31.5 Å². The quantitative estimate of drug-likeness (QED) is 0.578. The number of benzene rings is 1. The molecule has 1 aliphatic rings. The minimum atomic E-state index is -0.704. The number of amides is 2. The average molecular weight is 286 g/mol. The Morgan fingerprint density at radius 2 is 2.10 bits per heavy atom. The van der Waals surface area contributed by atoms with Crippen molar-refractivity contribution in [2.75, 3.05) is 5.73 Å². The highest BCUT2D eigenvalue weighted by Crippen LogP contribution is 2.20. The van der Waals surface area contributed by atoms with Crippen LogP contribution in [0, 0.1) is 6.92 Å². The Morgan fingerprint density at radius 1 is 1.33 bits per heavy atom. The maximum Gasteiger partial charge on any atom is 0.262 e. The lowest BCUT2D eigenvalue weighted by Gasteiger charge is -2.24. The van der Waals surface area contributed by atoms with Gasteiger partial charge in [-0.15, -0.1) is 0 Å². The van der Waals surface area contributed by atoms with Crippen molar-refractivity contribution in [3.8, 4) is 0 Å². The second-order valence-electron chi connectivity index (χ2n) is 5.08. The molecule has 2 amide bonds. The van der Waals surface area contributed by atoms with E-state index in [4.69, 9.17) is 5.73 Å². The van der Waals surface area contributed by atoms with Crippen molar-refractivity contribution in [1.82, 2.24) is 14.9 Å². The number of nitrogen functional groups attached to an aromatic ring is 1. The number of nitrogens with two attached hydrogens (primary N) is 1. The minimum absolute atomic E-state index is 0.210. The van der Waals surface area contributed by atoms with Crippen LogP contribution in [0.2, 0.25) is 0 Å². The lowest BCUT2D eigenvalue weighted by Crippen LogP contribution is -2.45. The average Bonchev–Trinajstić information content (AvgIpc) is 2.40. The van der Waals surface area contributed by atoms with Gasteiger partial charge in [-0.1, -0.05) is 0 Å². The topological polar surface area (TPSA) is 107 Å². The van der Waals surface area contributed by atoms with Gasteiger partial charge in [0.2, 0.25) is 11.8 Å². The molecular weight excluding hydrogens is 272 g/mol. The number of rotatable bonds is 1. The molecule has 1 aliphatic heterocycles. The highest BCUT2D eigenvalue weighted by molar-refractivity contribution is 5.99. The lowest BCUT2D eigenvalue weighted by molar-refractivity contribution is -0.135. The first-order chi connectivity index (χ1) is 9.97. The van der Waals surface area contributed by atoms with Gasteiger partial charge in [0.1, 0.15) is 11.9 Å². The van der Waals surface area contributed by atoms with Crippen molar-refractivity contribution < 1.29 is 9.59 Å². The number of anilines is 1. The lowest BCUT2D eigenvalue weighted by atomic mass is 10.1. The number of hydrogen-bond acceptors (Lipinski definition) is 5. The van der Waals surface area contributed by atoms with Crippen LogP contribution in [0.25, 0.3) is 10.9 Å². The molecule has 0 unspecified atom stereocenters. The number of hydrogen-bond donors (Lipinski definition) is 2. The molecule has 0 radical (unpaired) electrons. The van der Waals surface area contributed by atoms with Crippen LogP contribution in [-0.2, 0) is 9.59 Å². The van der Waals surface area contributed by atoms with E-state index in [1.54, 1.807) is 25.1 Å². The predicted octanol–water partition coefficient (Wildman–Crippen LogP) is 0.265. The number of fused-ring (bicyclic) bond motifs is 1. The van der Waals surface area contributed by atoms with Crippen LogP contribution in [-0.4, -0.2) is 21.4 Å². The minimum Gasteiger partial charge on any atom is -0.399 e. The van der Waals surface area contributed by atoms with Gasteiger partial charge in [-0.3, -0.25) is 24.3 Å². The summed E-state index contributed by atoms with van der Waals surface area (Å²) in [6.45, 7) is 1.66. The number of nitrogens with zero attached hydrogens (tertiary/aromatic N) is 2. The highest BCUT2D eigenvalue weighted by atomic mass is 16.2. The Labute approximate surface area is 119 Å². The molecule has 7 nitrogen and oxygen atoms in total. The summed E-state index contributed by atoms with van der Waals surface area (Å²) in [5, 5.41) is 2.66. The van der Waals surface area contributed by atoms with E-state index in [1.807, 2.05) is 0 Å². The zero-order chi connectivity index (χ0) is 15.1. The molecule has 0 bridgehead atoms. The Balaban J connectivity index is 2.19. The number of piperidine rings is 1. The second kappa shape index (κ2) is 4.69. The van der Waals surface area contributed by atoms with E-state index in [9.17, 15) is 14.4 Å². The van der Waals surface area contributed by atoms with Gasteiger partial charge in [0, 0.05) is 12.1 Å². The van der Waals surface area contributed by atoms with E-state index in [1.165, 1.54) is 4.57 Å². The third kappa shape index (κ3) is 2.16. The molecular formula is C14H14N4O3. The fourth-order valence-corrected chi connectivity index (χ4v) is 2.62. The highest BCUT2D eigenvalue weighted by Gasteiger charge is 2.30. The van der Waals surface area contributed by atoms with Gasteiger partial charge in [0.15, 0.2) is 0 Å². The summed E-state index contributed by atoms with van der Waals surface area (Å²) in [6.07, 6.45) is 0.510. The molecule has 108 valence electrons. The van der Waals surface area contributed by atoms with E-state index < -0.39 is 11.9 Å². The molecule has 3 N–H and O–H groups in total. The Kier molecular flexibility index (Phi) is 2.97. The van der Waals surface area contributed by atoms with Gasteiger partial charge in [-0.25, -0.2) is 4.98 Å². The molecule has 0 spiro atoms. The van der Waals surface area contributed by atoms with E-state index in [-0.39, 0.29) is 17.9 Å². The molecule has 1 fully saturated rings. The number of imide groups is 1. The fraction of sp³-hybridized carbons (Fsp3) is 0.286. The smallest absolute Gasteiger partial charge is 0.262 e. The van der Waals surface area contributed by atoms with Gasteiger partial charge < -0.3 is 5.73 Å². The number of nitrogens with one attached hydrogen (secondary N) is 1. The van der Waals surface area contributed by atoms with Gasteiger partial charge in [0.05, 0.1) is 10.9 Å². The van der Waals surface area contributed by atoms with Gasteiger partial charge in [-0.2, -0.15) is 0 Å². The summed E-state index contributed by atoms with van der Waals surface area (Å²) < 4.78 is 1.35. The molecule has 21 heavy (non-hydrogen) atoms. The van der Waals surface area contributed by atoms with E-state index >= 15 is 0 Å². The van der Waals surface area contributed by atoms with Crippen LogP contribution in [0.1, 0.15) is 24.7 Å². The van der Waals surface area contributed by atoms with Crippen molar-refractivity contribution in [2.24, 2.45) is 0 Å². The first kappa shape index (κ1) is 13.3. The van der Waals surface area contributed by atoms with Crippen LogP contribution in [0.15, 0.2) is 23.0 Å². The number of aromatic nitrogens is 2. The van der Waals surface area contributed by atoms with Crippen LogP contribution in [0.5, 0.6) is 0 Å². The summed E-state index contributed by atoms with van der Waals surface area (Å²) in [6, 6.07) is 4.14. The Hall–Kier alpha value is -2.70. The van der Waals surface area contributed by atoms with Crippen LogP contribution < -0.4 is 16.6 Å². The molecule has 0 aliphatic carbocycles. The molecule has 1 aromatic carbocycles. The van der Waals surface area contributed by atoms with Crippen molar-refractivity contribution in [3.05, 3.63) is 34.4 Å². The third-order valence-corrected chi connectivity index (χ3v) is 3.62. The van der Waals surface area contributed by atoms with Crippen LogP contribution >= 0.6 is 0 Å². The zero-order valence-electron chi connectivity index (χ0n) is 11.4. The van der Waals surface area contributed by atoms with Crippen LogP contribution in [0.3, 0.4) is 0 Å². The van der Waals surface area contributed by atoms with Crippen molar-refractivity contribution in [1.29, 1.82) is 0 Å². The third-order valence-electron chi connectivity index (χ3n) is 3.62. The maximum atomic E-state index is 12.6. The number of aryl methyl sites for hydroxylation is 1. The Morgan fingerprint density at radius 3 is 2.81 bits per heavy atom. The molecule has 1 saturated heterocycles. The van der Waals surface area contributed by atoms with Gasteiger partial charge >= 0.3 is 0 Å². The molecule has 2 heterocycles. The first-order valence-electron chi connectivity index (χ1n) is 6.59. The predicted molar refractivity (Wildman–Crippen MR) is 76.6 cm³/mol. The first-order valence-corrected chi connectivity index (χ1v) is 6.59. The summed E-state index contributed by atoms with van der Waals surface area (Å²) in [7, 11) is 0. The standard InChI is InChI=1S/C14H14N4O3/c1-7-16-10-6-8(15)2-3-9(10)14(21)18(7)11-4-5-12(19)17-13(11)20/h2-3,6,11H,4-5,15H2,1H3,(H,17,19,20)/t11-/m1/s1. The SMILES string of the molecule is Cc1nc2cc(N)ccc2c(=O)n1[C@@H]1CCC(=O)NC1=O. The molecule has 7 heteroatoms.